The molecule has 4 rings (SSSR count). The monoisotopic (exact) mass is 488 g/mol. The van der Waals surface area contributed by atoms with E-state index in [2.05, 4.69) is 31.0 Å². The van der Waals surface area contributed by atoms with E-state index in [-0.39, 0.29) is 29.5 Å². The van der Waals surface area contributed by atoms with Gasteiger partial charge in [0, 0.05) is 44.0 Å². The van der Waals surface area contributed by atoms with Gasteiger partial charge in [-0.3, -0.25) is 19.3 Å². The zero-order valence-corrected chi connectivity index (χ0v) is 20.1. The first kappa shape index (κ1) is 24.8. The third-order valence-corrected chi connectivity index (χ3v) is 6.57. The van der Waals surface area contributed by atoms with E-state index in [1.807, 2.05) is 0 Å². The molecular formula is C25H30F2N4O4. The minimum atomic E-state index is -0.970. The maximum Gasteiger partial charge on any atom is 0.275 e. The Morgan fingerprint density at radius 1 is 1.23 bits per heavy atom. The number of fused-ring (bicyclic) bond motifs is 2. The number of pyridine rings is 1. The number of nitrogens with zero attached hydrogens (tertiary/aromatic N) is 3. The Bertz CT molecular complexity index is 1210. The topological polar surface area (TPSA) is 94.9 Å². The molecule has 0 radical (unpaired) electrons. The standard InChI is InChI=1S/C25H30F2N4O4/c1-14(2)10-29-11-15(3)6-7-31-20(29)13-30-12-18(22(32)23(33)21(30)25(31)35)24(34)28-9-16-4-5-17(26)8-19(16)27/h4-5,8,12,14-15,20,33H,6-7,9-11,13H2,1-3H3,(H,28,34)/t15-,20?/m1/s1. The van der Waals surface area contributed by atoms with Crippen molar-refractivity contribution < 1.29 is 23.5 Å². The molecule has 2 atom stereocenters. The summed E-state index contributed by atoms with van der Waals surface area (Å²) in [5.41, 5.74) is -1.41. The molecule has 2 amide bonds. The highest BCUT2D eigenvalue weighted by molar-refractivity contribution is 5.99. The molecular weight excluding hydrogens is 458 g/mol. The number of benzene rings is 1. The normalized spacial score (nSPS) is 20.4. The van der Waals surface area contributed by atoms with Gasteiger partial charge in [-0.15, -0.1) is 0 Å². The Balaban J connectivity index is 1.65. The average Bonchev–Trinajstić information content (AvgIpc) is 2.93. The van der Waals surface area contributed by atoms with E-state index in [0.717, 1.165) is 25.6 Å². The van der Waals surface area contributed by atoms with Crippen LogP contribution < -0.4 is 10.7 Å². The van der Waals surface area contributed by atoms with Crippen LogP contribution >= 0.6 is 0 Å². The van der Waals surface area contributed by atoms with Gasteiger partial charge in [-0.05, 0) is 24.3 Å². The number of hydrogen-bond acceptors (Lipinski definition) is 5. The summed E-state index contributed by atoms with van der Waals surface area (Å²) in [6, 6.07) is 2.97. The summed E-state index contributed by atoms with van der Waals surface area (Å²) in [7, 11) is 0. The van der Waals surface area contributed by atoms with Crippen LogP contribution in [0.4, 0.5) is 8.78 Å². The number of amides is 2. The van der Waals surface area contributed by atoms with Crippen LogP contribution in [0.3, 0.4) is 0 Å². The number of carbonyl (C=O) groups is 2. The Hall–Kier alpha value is -3.27. The number of hydrogen-bond donors (Lipinski definition) is 2. The van der Waals surface area contributed by atoms with Crippen molar-refractivity contribution >= 4 is 11.8 Å². The van der Waals surface area contributed by atoms with Crippen LogP contribution in [-0.4, -0.2) is 57.1 Å². The molecule has 10 heteroatoms. The van der Waals surface area contributed by atoms with Crippen LogP contribution in [0.15, 0.2) is 29.2 Å². The van der Waals surface area contributed by atoms with Crippen molar-refractivity contribution in [3.63, 3.8) is 0 Å². The molecule has 2 aliphatic rings. The van der Waals surface area contributed by atoms with Gasteiger partial charge in [-0.2, -0.15) is 0 Å². The molecule has 1 saturated heterocycles. The summed E-state index contributed by atoms with van der Waals surface area (Å²) in [6.07, 6.45) is 1.82. The number of aromatic hydroxyl groups is 1. The molecule has 0 aliphatic carbocycles. The van der Waals surface area contributed by atoms with Crippen LogP contribution in [0.25, 0.3) is 0 Å². The van der Waals surface area contributed by atoms with Gasteiger partial charge < -0.3 is 19.9 Å². The molecule has 1 fully saturated rings. The first-order valence-electron chi connectivity index (χ1n) is 11.8. The largest absolute Gasteiger partial charge is 0.503 e. The smallest absolute Gasteiger partial charge is 0.275 e. The van der Waals surface area contributed by atoms with Gasteiger partial charge in [0.2, 0.25) is 5.43 Å². The lowest BCUT2D eigenvalue weighted by Crippen LogP contribution is -2.57. The number of carbonyl (C=O) groups excluding carboxylic acids is 2. The van der Waals surface area contributed by atoms with E-state index in [1.165, 1.54) is 16.8 Å². The quantitative estimate of drug-likeness (QED) is 0.675. The molecule has 1 aromatic heterocycles. The number of nitrogens with one attached hydrogen (secondary N) is 1. The molecule has 2 N–H and O–H groups in total. The summed E-state index contributed by atoms with van der Waals surface area (Å²) in [5.74, 6) is -2.87. The first-order chi connectivity index (χ1) is 16.6. The maximum atomic E-state index is 13.9. The van der Waals surface area contributed by atoms with E-state index < -0.39 is 34.6 Å². The number of halogens is 2. The van der Waals surface area contributed by atoms with Crippen molar-refractivity contribution in [2.75, 3.05) is 19.6 Å². The van der Waals surface area contributed by atoms with Crippen molar-refractivity contribution in [1.29, 1.82) is 0 Å². The predicted octanol–water partition coefficient (Wildman–Crippen LogP) is 2.54. The minimum absolute atomic E-state index is 0.0461. The fourth-order valence-corrected chi connectivity index (χ4v) is 4.86. The second-order valence-electron chi connectivity index (χ2n) is 9.86. The Morgan fingerprint density at radius 3 is 2.66 bits per heavy atom. The molecule has 8 nitrogen and oxygen atoms in total. The zero-order valence-electron chi connectivity index (χ0n) is 20.1. The third-order valence-electron chi connectivity index (χ3n) is 6.57. The highest BCUT2D eigenvalue weighted by atomic mass is 19.1. The molecule has 188 valence electrons. The van der Waals surface area contributed by atoms with Crippen molar-refractivity contribution in [3.8, 4) is 5.75 Å². The van der Waals surface area contributed by atoms with Crippen LogP contribution in [0.5, 0.6) is 5.75 Å². The van der Waals surface area contributed by atoms with Crippen LogP contribution in [0, 0.1) is 23.5 Å². The summed E-state index contributed by atoms with van der Waals surface area (Å²) in [4.78, 5) is 42.9. The lowest BCUT2D eigenvalue weighted by atomic mass is 10.1. The van der Waals surface area contributed by atoms with Gasteiger partial charge in [0.05, 0.1) is 6.54 Å². The summed E-state index contributed by atoms with van der Waals surface area (Å²) in [5, 5.41) is 13.1. The first-order valence-corrected chi connectivity index (χ1v) is 11.8. The fraction of sp³-hybridized carbons (Fsp3) is 0.480. The second-order valence-corrected chi connectivity index (χ2v) is 9.86. The van der Waals surface area contributed by atoms with E-state index >= 15 is 0 Å². The Labute approximate surface area is 202 Å². The van der Waals surface area contributed by atoms with Gasteiger partial charge in [0.1, 0.15) is 23.4 Å². The van der Waals surface area contributed by atoms with Crippen molar-refractivity contribution in [3.05, 3.63) is 63.1 Å². The molecule has 0 saturated carbocycles. The van der Waals surface area contributed by atoms with Crippen LogP contribution in [-0.2, 0) is 13.1 Å². The third kappa shape index (κ3) is 4.93. The summed E-state index contributed by atoms with van der Waals surface area (Å²) < 4.78 is 28.5. The molecule has 3 heterocycles. The summed E-state index contributed by atoms with van der Waals surface area (Å²) in [6.45, 7) is 8.46. The van der Waals surface area contributed by atoms with Crippen LogP contribution in [0.1, 0.15) is 53.6 Å². The molecule has 1 aromatic carbocycles. The Kier molecular flexibility index (Phi) is 6.93. The molecule has 2 aromatic rings. The van der Waals surface area contributed by atoms with E-state index in [4.69, 9.17) is 0 Å². The number of rotatable bonds is 5. The molecule has 2 aliphatic heterocycles. The van der Waals surface area contributed by atoms with E-state index in [1.54, 1.807) is 4.90 Å². The van der Waals surface area contributed by atoms with Gasteiger partial charge in [0.15, 0.2) is 11.4 Å². The van der Waals surface area contributed by atoms with Gasteiger partial charge in [-0.25, -0.2) is 8.78 Å². The second kappa shape index (κ2) is 9.77. The predicted molar refractivity (Wildman–Crippen MR) is 125 cm³/mol. The average molecular weight is 489 g/mol. The highest BCUT2D eigenvalue weighted by Gasteiger charge is 2.40. The lowest BCUT2D eigenvalue weighted by molar-refractivity contribution is 0.0170. The molecule has 0 spiro atoms. The summed E-state index contributed by atoms with van der Waals surface area (Å²) >= 11 is 0. The van der Waals surface area contributed by atoms with Crippen molar-refractivity contribution in [1.82, 2.24) is 19.7 Å². The van der Waals surface area contributed by atoms with Crippen LogP contribution in [0.2, 0.25) is 0 Å². The number of aromatic nitrogens is 1. The van der Waals surface area contributed by atoms with Crippen molar-refractivity contribution in [2.45, 2.75) is 46.4 Å². The van der Waals surface area contributed by atoms with E-state index in [9.17, 15) is 28.3 Å². The maximum absolute atomic E-state index is 13.9. The van der Waals surface area contributed by atoms with Crippen molar-refractivity contribution in [2.24, 2.45) is 11.8 Å². The molecule has 35 heavy (non-hydrogen) atoms. The molecule has 0 bridgehead atoms. The van der Waals surface area contributed by atoms with Gasteiger partial charge in [-0.1, -0.05) is 26.8 Å². The van der Waals surface area contributed by atoms with E-state index in [0.29, 0.717) is 31.0 Å². The fourth-order valence-electron chi connectivity index (χ4n) is 4.86. The SMILES string of the molecule is CC(C)CN1C[C@H](C)CCN2C(=O)c3c(O)c(=O)c(C(=O)NCc4ccc(F)cc4F)cn3CC12. The molecule has 1 unspecified atom stereocenters. The van der Waals surface area contributed by atoms with Gasteiger partial charge >= 0.3 is 0 Å². The highest BCUT2D eigenvalue weighted by Crippen LogP contribution is 2.29. The van der Waals surface area contributed by atoms with Gasteiger partial charge in [0.25, 0.3) is 11.8 Å². The Morgan fingerprint density at radius 2 is 1.97 bits per heavy atom. The lowest BCUT2D eigenvalue weighted by Gasteiger charge is -2.42. The zero-order chi connectivity index (χ0) is 25.4. The minimum Gasteiger partial charge on any atom is -0.503 e.